The Morgan fingerprint density at radius 1 is 1.46 bits per heavy atom. The number of hydrogen-bond acceptors (Lipinski definition) is 3. The van der Waals surface area contributed by atoms with E-state index in [4.69, 9.17) is 22.1 Å². The van der Waals surface area contributed by atoms with Gasteiger partial charge in [0.25, 0.3) is 0 Å². The first kappa shape index (κ1) is 21.2. The molecule has 0 aliphatic carbocycles. The Kier molecular flexibility index (Phi) is 7.93. The molecule has 1 fully saturated rings. The average molecular weight is 379 g/mol. The van der Waals surface area contributed by atoms with Gasteiger partial charge >= 0.3 is 0 Å². The lowest BCUT2D eigenvalue weighted by Crippen LogP contribution is -2.49. The molecule has 136 valence electrons. The number of nitrogens with one attached hydrogen (secondary N) is 1. The first-order valence-electron chi connectivity index (χ1n) is 7.88. The Labute approximate surface area is 153 Å². The summed E-state index contributed by atoms with van der Waals surface area (Å²) < 4.78 is 19.4. The molecule has 1 heterocycles. The number of ether oxygens (including phenoxy) is 1. The fourth-order valence-electron chi connectivity index (χ4n) is 2.95. The van der Waals surface area contributed by atoms with Gasteiger partial charge in [0.2, 0.25) is 5.91 Å². The number of nitrogens with two attached hydrogens (primary N) is 1. The van der Waals surface area contributed by atoms with Gasteiger partial charge in [-0.1, -0.05) is 31.5 Å². The molecule has 1 unspecified atom stereocenters. The lowest BCUT2D eigenvalue weighted by molar-refractivity contribution is -0.124. The van der Waals surface area contributed by atoms with E-state index < -0.39 is 11.5 Å². The summed E-state index contributed by atoms with van der Waals surface area (Å²) >= 11 is 6.12. The van der Waals surface area contributed by atoms with Crippen molar-refractivity contribution in [1.82, 2.24) is 5.32 Å². The van der Waals surface area contributed by atoms with Crippen molar-refractivity contribution in [3.63, 3.8) is 0 Å². The topological polar surface area (TPSA) is 64.4 Å². The number of carbonyl (C=O) groups is 1. The number of hydrogen-bond donors (Lipinski definition) is 2. The number of rotatable bonds is 5. The Hall–Kier alpha value is -0.880. The van der Waals surface area contributed by atoms with Gasteiger partial charge in [0.05, 0.1) is 6.04 Å². The molecule has 24 heavy (non-hydrogen) atoms. The smallest absolute Gasteiger partial charge is 0.237 e. The van der Waals surface area contributed by atoms with Crippen LogP contribution in [0.4, 0.5) is 4.39 Å². The highest BCUT2D eigenvalue weighted by atomic mass is 35.5. The summed E-state index contributed by atoms with van der Waals surface area (Å²) in [6.07, 6.45) is 1.58. The van der Waals surface area contributed by atoms with Gasteiger partial charge in [-0.3, -0.25) is 4.79 Å². The van der Waals surface area contributed by atoms with Gasteiger partial charge in [-0.15, -0.1) is 12.4 Å². The molecule has 7 heteroatoms. The van der Waals surface area contributed by atoms with Gasteiger partial charge in [-0.05, 0) is 30.9 Å². The number of carbonyl (C=O) groups excluding carboxylic acids is 1. The molecular weight excluding hydrogens is 354 g/mol. The van der Waals surface area contributed by atoms with E-state index in [1.807, 2.05) is 13.8 Å². The van der Waals surface area contributed by atoms with E-state index >= 15 is 0 Å². The van der Waals surface area contributed by atoms with Crippen LogP contribution in [-0.4, -0.2) is 31.7 Å². The van der Waals surface area contributed by atoms with Crippen molar-refractivity contribution in [2.45, 2.75) is 38.1 Å². The minimum Gasteiger partial charge on any atom is -0.381 e. The zero-order valence-electron chi connectivity index (χ0n) is 14.0. The zero-order valence-corrected chi connectivity index (χ0v) is 15.6. The number of amides is 1. The third-order valence-corrected chi connectivity index (χ3v) is 4.74. The molecule has 0 radical (unpaired) electrons. The van der Waals surface area contributed by atoms with Gasteiger partial charge in [0.1, 0.15) is 5.82 Å². The third-order valence-electron chi connectivity index (χ3n) is 4.42. The molecule has 1 saturated heterocycles. The van der Waals surface area contributed by atoms with Crippen molar-refractivity contribution < 1.29 is 13.9 Å². The van der Waals surface area contributed by atoms with Crippen LogP contribution in [0.3, 0.4) is 0 Å². The quantitative estimate of drug-likeness (QED) is 0.827. The van der Waals surface area contributed by atoms with E-state index in [1.165, 1.54) is 6.07 Å². The van der Waals surface area contributed by atoms with Crippen LogP contribution in [0, 0.1) is 11.7 Å². The van der Waals surface area contributed by atoms with Gasteiger partial charge < -0.3 is 15.8 Å². The molecule has 1 amide bonds. The predicted octanol–water partition coefficient (Wildman–Crippen LogP) is 3.05. The van der Waals surface area contributed by atoms with Gasteiger partial charge in [-0.25, -0.2) is 4.39 Å². The Bertz CT molecular complexity index is 543. The Morgan fingerprint density at radius 2 is 2.08 bits per heavy atom. The number of halogens is 3. The molecule has 1 aliphatic rings. The van der Waals surface area contributed by atoms with Crippen molar-refractivity contribution in [3.05, 3.63) is 34.6 Å². The van der Waals surface area contributed by atoms with Gasteiger partial charge in [-0.2, -0.15) is 0 Å². The Morgan fingerprint density at radius 3 is 2.67 bits per heavy atom. The van der Waals surface area contributed by atoms with Crippen molar-refractivity contribution >= 4 is 29.9 Å². The van der Waals surface area contributed by atoms with Crippen LogP contribution < -0.4 is 11.1 Å². The maximum atomic E-state index is 14.1. The summed E-state index contributed by atoms with van der Waals surface area (Å²) in [4.78, 5) is 12.3. The second kappa shape index (κ2) is 8.99. The van der Waals surface area contributed by atoms with E-state index in [9.17, 15) is 9.18 Å². The monoisotopic (exact) mass is 378 g/mol. The summed E-state index contributed by atoms with van der Waals surface area (Å²) in [5.41, 5.74) is 5.82. The van der Waals surface area contributed by atoms with Crippen LogP contribution >= 0.6 is 24.0 Å². The van der Waals surface area contributed by atoms with Gasteiger partial charge in [0.15, 0.2) is 0 Å². The fraction of sp³-hybridized carbons (Fsp3) is 0.588. The highest BCUT2D eigenvalue weighted by Gasteiger charge is 2.30. The van der Waals surface area contributed by atoms with Crippen LogP contribution in [0.15, 0.2) is 18.2 Å². The van der Waals surface area contributed by atoms with Crippen LogP contribution in [0.2, 0.25) is 5.02 Å². The summed E-state index contributed by atoms with van der Waals surface area (Å²) in [6, 6.07) is 4.03. The molecule has 1 atom stereocenters. The van der Waals surface area contributed by atoms with Crippen LogP contribution in [0.5, 0.6) is 0 Å². The first-order chi connectivity index (χ1) is 10.8. The maximum absolute atomic E-state index is 14.1. The molecule has 3 N–H and O–H groups in total. The second-order valence-corrected chi connectivity index (χ2v) is 7.08. The molecule has 0 bridgehead atoms. The maximum Gasteiger partial charge on any atom is 0.237 e. The van der Waals surface area contributed by atoms with Crippen molar-refractivity contribution in [2.75, 3.05) is 19.8 Å². The highest BCUT2D eigenvalue weighted by Crippen LogP contribution is 2.31. The summed E-state index contributed by atoms with van der Waals surface area (Å²) in [5.74, 6) is -0.452. The molecule has 1 aliphatic heterocycles. The van der Waals surface area contributed by atoms with Crippen molar-refractivity contribution in [3.8, 4) is 0 Å². The zero-order chi connectivity index (χ0) is 17.0. The van der Waals surface area contributed by atoms with Crippen LogP contribution in [0.25, 0.3) is 0 Å². The fourth-order valence-corrected chi connectivity index (χ4v) is 3.37. The normalized spacial score (nSPS) is 17.0. The summed E-state index contributed by atoms with van der Waals surface area (Å²) in [6.45, 7) is 5.24. The molecule has 0 aromatic heterocycles. The van der Waals surface area contributed by atoms with Crippen LogP contribution in [-0.2, 0) is 14.9 Å². The average Bonchev–Trinajstić information content (AvgIpc) is 2.52. The molecule has 4 nitrogen and oxygen atoms in total. The molecule has 1 aromatic rings. The van der Waals surface area contributed by atoms with E-state index in [1.54, 1.807) is 12.1 Å². The summed E-state index contributed by atoms with van der Waals surface area (Å²) in [7, 11) is 0. The predicted molar refractivity (Wildman–Crippen MR) is 96.2 cm³/mol. The lowest BCUT2D eigenvalue weighted by Gasteiger charge is -2.30. The van der Waals surface area contributed by atoms with Gasteiger partial charge in [0, 0.05) is 35.8 Å². The lowest BCUT2D eigenvalue weighted by atomic mass is 9.83. The van der Waals surface area contributed by atoms with E-state index in [2.05, 4.69) is 5.32 Å². The third kappa shape index (κ3) is 5.06. The molecule has 2 rings (SSSR count). The Balaban J connectivity index is 0.00000288. The van der Waals surface area contributed by atoms with Crippen LogP contribution in [0.1, 0.15) is 32.3 Å². The molecular formula is C17H25Cl2FN2O2. The summed E-state index contributed by atoms with van der Waals surface area (Å²) in [5, 5.41) is 3.20. The number of benzene rings is 1. The SMILES string of the molecule is CC(C)(CNC(=O)C(N)C1CCOCC1)c1c(F)cccc1Cl.Cl. The molecule has 0 saturated carbocycles. The largest absolute Gasteiger partial charge is 0.381 e. The van der Waals surface area contributed by atoms with Crippen molar-refractivity contribution in [2.24, 2.45) is 11.7 Å². The highest BCUT2D eigenvalue weighted by molar-refractivity contribution is 6.31. The minimum absolute atomic E-state index is 0. The minimum atomic E-state index is -0.631. The molecule has 1 aromatic carbocycles. The van der Waals surface area contributed by atoms with E-state index in [0.29, 0.717) is 23.8 Å². The standard InChI is InChI=1S/C17H24ClFN2O2.ClH/c1-17(2,14-12(18)4-3-5-13(14)19)10-21-16(22)15(20)11-6-8-23-9-7-11;/h3-5,11,15H,6-10,20H2,1-2H3,(H,21,22);1H. The first-order valence-corrected chi connectivity index (χ1v) is 8.26. The van der Waals surface area contributed by atoms with E-state index in [-0.39, 0.29) is 36.6 Å². The van der Waals surface area contributed by atoms with E-state index in [0.717, 1.165) is 12.8 Å². The van der Waals surface area contributed by atoms with Crippen molar-refractivity contribution in [1.29, 1.82) is 0 Å². The second-order valence-electron chi connectivity index (χ2n) is 6.67. The molecule has 0 spiro atoms.